The molecule has 33 heavy (non-hydrogen) atoms. The summed E-state index contributed by atoms with van der Waals surface area (Å²) in [6, 6.07) is 18.9. The third kappa shape index (κ3) is 6.50. The van der Waals surface area contributed by atoms with Gasteiger partial charge in [-0.3, -0.25) is 4.79 Å². The van der Waals surface area contributed by atoms with E-state index in [9.17, 15) is 9.59 Å². The lowest BCUT2D eigenvalue weighted by atomic mass is 10.1. The van der Waals surface area contributed by atoms with Gasteiger partial charge in [0.1, 0.15) is 5.75 Å². The van der Waals surface area contributed by atoms with Crippen LogP contribution in [0.25, 0.3) is 0 Å². The van der Waals surface area contributed by atoms with Gasteiger partial charge in [-0.05, 0) is 80.9 Å². The zero-order valence-electron chi connectivity index (χ0n) is 18.7. The van der Waals surface area contributed by atoms with E-state index < -0.39 is 5.97 Å². The standard InChI is InChI=1S/C26H25Cl2NO4/c1-4-32-26(31)18-9-12-22(13-10-18)29(16-20-8-11-21(27)15-24(20)28)25(30)19-6-5-7-23(14-19)33-17(2)3/h5-15,17H,4,16H2,1-3H3. The molecule has 3 aromatic rings. The summed E-state index contributed by atoms with van der Waals surface area (Å²) >= 11 is 12.4. The van der Waals surface area contributed by atoms with Gasteiger partial charge in [0.25, 0.3) is 5.91 Å². The summed E-state index contributed by atoms with van der Waals surface area (Å²) in [7, 11) is 0. The molecule has 0 saturated carbocycles. The maximum absolute atomic E-state index is 13.6. The monoisotopic (exact) mass is 485 g/mol. The Morgan fingerprint density at radius 3 is 2.30 bits per heavy atom. The quantitative estimate of drug-likeness (QED) is 0.329. The van der Waals surface area contributed by atoms with E-state index in [0.717, 1.165) is 5.56 Å². The van der Waals surface area contributed by atoms with Crippen molar-refractivity contribution in [3.05, 3.63) is 93.5 Å². The van der Waals surface area contributed by atoms with Crippen molar-refractivity contribution in [2.75, 3.05) is 11.5 Å². The second kappa shape index (κ2) is 11.2. The second-order valence-electron chi connectivity index (χ2n) is 7.59. The van der Waals surface area contributed by atoms with Crippen LogP contribution in [0.3, 0.4) is 0 Å². The van der Waals surface area contributed by atoms with Crippen LogP contribution in [0.5, 0.6) is 5.75 Å². The predicted octanol–water partition coefficient (Wildman–Crippen LogP) is 6.80. The lowest BCUT2D eigenvalue weighted by Gasteiger charge is -2.24. The number of carbonyl (C=O) groups is 2. The molecule has 3 rings (SSSR count). The van der Waals surface area contributed by atoms with Crippen LogP contribution in [-0.4, -0.2) is 24.6 Å². The Morgan fingerprint density at radius 2 is 1.67 bits per heavy atom. The molecule has 5 nitrogen and oxygen atoms in total. The molecule has 0 unspecified atom stereocenters. The van der Waals surface area contributed by atoms with Crippen molar-refractivity contribution in [1.29, 1.82) is 0 Å². The fourth-order valence-corrected chi connectivity index (χ4v) is 3.69. The van der Waals surface area contributed by atoms with Crippen molar-refractivity contribution in [2.45, 2.75) is 33.4 Å². The van der Waals surface area contributed by atoms with Crippen molar-refractivity contribution in [2.24, 2.45) is 0 Å². The Hall–Kier alpha value is -3.02. The average molecular weight is 486 g/mol. The van der Waals surface area contributed by atoms with Crippen LogP contribution < -0.4 is 9.64 Å². The van der Waals surface area contributed by atoms with Crippen molar-refractivity contribution >= 4 is 40.8 Å². The van der Waals surface area contributed by atoms with E-state index >= 15 is 0 Å². The molecule has 0 aliphatic carbocycles. The smallest absolute Gasteiger partial charge is 0.338 e. The van der Waals surface area contributed by atoms with Crippen molar-refractivity contribution in [3.8, 4) is 5.75 Å². The molecule has 0 bridgehead atoms. The van der Waals surface area contributed by atoms with E-state index in [2.05, 4.69) is 0 Å². The first-order valence-corrected chi connectivity index (χ1v) is 11.3. The third-order valence-corrected chi connectivity index (χ3v) is 5.32. The van der Waals surface area contributed by atoms with E-state index in [1.165, 1.54) is 0 Å². The molecule has 172 valence electrons. The minimum Gasteiger partial charge on any atom is -0.491 e. The van der Waals surface area contributed by atoms with Crippen LogP contribution in [0.15, 0.2) is 66.7 Å². The summed E-state index contributed by atoms with van der Waals surface area (Å²) in [4.78, 5) is 27.2. The highest BCUT2D eigenvalue weighted by Crippen LogP contribution is 2.27. The fourth-order valence-electron chi connectivity index (χ4n) is 3.22. The third-order valence-electron chi connectivity index (χ3n) is 4.73. The Kier molecular flexibility index (Phi) is 8.37. The molecule has 0 aliphatic heterocycles. The van der Waals surface area contributed by atoms with Gasteiger partial charge in [0.15, 0.2) is 0 Å². The molecule has 0 N–H and O–H groups in total. The lowest BCUT2D eigenvalue weighted by Crippen LogP contribution is -2.30. The van der Waals surface area contributed by atoms with Crippen molar-refractivity contribution in [1.82, 2.24) is 0 Å². The number of ether oxygens (including phenoxy) is 2. The molecule has 0 atom stereocenters. The summed E-state index contributed by atoms with van der Waals surface area (Å²) < 4.78 is 10.8. The number of anilines is 1. The minimum absolute atomic E-state index is 0.0187. The Labute approximate surface area is 203 Å². The first kappa shape index (κ1) is 24.6. The number of halogens is 2. The predicted molar refractivity (Wildman–Crippen MR) is 132 cm³/mol. The van der Waals surface area contributed by atoms with E-state index in [1.54, 1.807) is 72.5 Å². The van der Waals surface area contributed by atoms with E-state index in [1.807, 2.05) is 19.9 Å². The van der Waals surface area contributed by atoms with Gasteiger partial charge < -0.3 is 14.4 Å². The molecular weight excluding hydrogens is 461 g/mol. The van der Waals surface area contributed by atoms with Gasteiger partial charge in [-0.15, -0.1) is 0 Å². The fraction of sp³-hybridized carbons (Fsp3) is 0.231. The van der Waals surface area contributed by atoms with Crippen LogP contribution >= 0.6 is 23.2 Å². The van der Waals surface area contributed by atoms with Gasteiger partial charge in [0.2, 0.25) is 0 Å². The normalized spacial score (nSPS) is 10.7. The number of hydrogen-bond acceptors (Lipinski definition) is 4. The highest BCUT2D eigenvalue weighted by molar-refractivity contribution is 6.35. The summed E-state index contributed by atoms with van der Waals surface area (Å²) in [6.45, 7) is 6.10. The minimum atomic E-state index is -0.416. The molecule has 7 heteroatoms. The van der Waals surface area contributed by atoms with Crippen LogP contribution in [0.2, 0.25) is 10.0 Å². The lowest BCUT2D eigenvalue weighted by molar-refractivity contribution is 0.0526. The zero-order valence-corrected chi connectivity index (χ0v) is 20.2. The van der Waals surface area contributed by atoms with Crippen molar-refractivity contribution < 1.29 is 19.1 Å². The van der Waals surface area contributed by atoms with Crippen LogP contribution in [-0.2, 0) is 11.3 Å². The van der Waals surface area contributed by atoms with Gasteiger partial charge in [-0.2, -0.15) is 0 Å². The van der Waals surface area contributed by atoms with Crippen molar-refractivity contribution in [3.63, 3.8) is 0 Å². The number of benzene rings is 3. The van der Waals surface area contributed by atoms with Gasteiger partial charge in [-0.1, -0.05) is 35.3 Å². The Morgan fingerprint density at radius 1 is 0.939 bits per heavy atom. The van der Waals surface area contributed by atoms with Crippen LogP contribution in [0.4, 0.5) is 5.69 Å². The maximum Gasteiger partial charge on any atom is 0.338 e. The van der Waals surface area contributed by atoms with E-state index in [-0.39, 0.29) is 25.2 Å². The largest absolute Gasteiger partial charge is 0.491 e. The molecule has 0 aromatic heterocycles. The average Bonchev–Trinajstić information content (AvgIpc) is 2.78. The van der Waals surface area contributed by atoms with Gasteiger partial charge in [0, 0.05) is 21.3 Å². The first-order chi connectivity index (χ1) is 15.8. The number of rotatable bonds is 8. The molecule has 0 spiro atoms. The number of nitrogens with zero attached hydrogens (tertiary/aromatic N) is 1. The molecule has 0 saturated heterocycles. The van der Waals surface area contributed by atoms with E-state index in [4.69, 9.17) is 32.7 Å². The summed E-state index contributed by atoms with van der Waals surface area (Å²) in [5.41, 5.74) is 2.21. The number of esters is 1. The molecule has 0 heterocycles. The summed E-state index contributed by atoms with van der Waals surface area (Å²) in [6.07, 6.45) is -0.0187. The molecule has 3 aromatic carbocycles. The second-order valence-corrected chi connectivity index (χ2v) is 8.43. The highest BCUT2D eigenvalue weighted by Gasteiger charge is 2.21. The maximum atomic E-state index is 13.6. The van der Waals surface area contributed by atoms with Crippen LogP contribution in [0.1, 0.15) is 47.1 Å². The van der Waals surface area contributed by atoms with Crippen LogP contribution in [0, 0.1) is 0 Å². The van der Waals surface area contributed by atoms with Gasteiger partial charge >= 0.3 is 5.97 Å². The highest BCUT2D eigenvalue weighted by atomic mass is 35.5. The zero-order chi connectivity index (χ0) is 24.0. The Bertz CT molecular complexity index is 1130. The topological polar surface area (TPSA) is 55.8 Å². The SMILES string of the molecule is CCOC(=O)c1ccc(N(Cc2ccc(Cl)cc2Cl)C(=O)c2cccc(OC(C)C)c2)cc1. The summed E-state index contributed by atoms with van der Waals surface area (Å²) in [5, 5.41) is 0.972. The Balaban J connectivity index is 1.98. The summed E-state index contributed by atoms with van der Waals surface area (Å²) in [5.74, 6) is -0.0432. The number of amides is 1. The molecule has 0 radical (unpaired) electrons. The molecule has 1 amide bonds. The number of carbonyl (C=O) groups excluding carboxylic acids is 2. The molecular formula is C26H25Cl2NO4. The first-order valence-electron chi connectivity index (χ1n) is 10.6. The molecule has 0 fully saturated rings. The molecule has 0 aliphatic rings. The van der Waals surface area contributed by atoms with Gasteiger partial charge in [0.05, 0.1) is 24.8 Å². The van der Waals surface area contributed by atoms with E-state index in [0.29, 0.717) is 32.6 Å². The van der Waals surface area contributed by atoms with Gasteiger partial charge in [-0.25, -0.2) is 4.79 Å². The number of hydrogen-bond donors (Lipinski definition) is 0.